The normalized spacial score (nSPS) is 11.6. The predicted octanol–water partition coefficient (Wildman–Crippen LogP) is 4.39. The maximum atomic E-state index is 12.8. The van der Waals surface area contributed by atoms with Crippen molar-refractivity contribution in [1.29, 1.82) is 0 Å². The van der Waals surface area contributed by atoms with Gasteiger partial charge < -0.3 is 15.0 Å². The van der Waals surface area contributed by atoms with E-state index in [1.54, 1.807) is 24.3 Å². The molecule has 2 heterocycles. The number of hydrogen-bond acceptors (Lipinski definition) is 5. The highest BCUT2D eigenvalue weighted by Crippen LogP contribution is 2.29. The number of pyridine rings is 1. The summed E-state index contributed by atoms with van der Waals surface area (Å²) in [5.41, 5.74) is -0.951. The first-order valence-corrected chi connectivity index (χ1v) is 9.51. The van der Waals surface area contributed by atoms with Gasteiger partial charge in [-0.05, 0) is 36.8 Å². The molecule has 2 N–H and O–H groups in total. The summed E-state index contributed by atoms with van der Waals surface area (Å²) in [6, 6.07) is 7.48. The van der Waals surface area contributed by atoms with E-state index in [2.05, 4.69) is 10.3 Å². The minimum absolute atomic E-state index is 0.302. The number of aromatic nitrogens is 2. The van der Waals surface area contributed by atoms with E-state index in [1.807, 2.05) is 17.3 Å². The van der Waals surface area contributed by atoms with E-state index >= 15 is 0 Å². The van der Waals surface area contributed by atoms with E-state index in [0.717, 1.165) is 16.8 Å². The number of carbonyl (C=O) groups excluding carboxylic acids is 1. The number of rotatable bonds is 6. The second-order valence-electron chi connectivity index (χ2n) is 6.17. The van der Waals surface area contributed by atoms with Gasteiger partial charge in [0, 0.05) is 17.7 Å². The molecule has 10 heteroatoms. The molecule has 0 unspecified atom stereocenters. The molecule has 6 nitrogen and oxygen atoms in total. The molecular weight excluding hydrogens is 419 g/mol. The molecule has 1 aromatic carbocycles. The fourth-order valence-electron chi connectivity index (χ4n) is 2.43. The van der Waals surface area contributed by atoms with E-state index < -0.39 is 28.9 Å². The Morgan fingerprint density at radius 2 is 2.13 bits per heavy atom. The Morgan fingerprint density at radius 1 is 1.33 bits per heavy atom. The summed E-state index contributed by atoms with van der Waals surface area (Å²) in [5, 5.41) is 4.99. The van der Waals surface area contributed by atoms with E-state index in [4.69, 9.17) is 4.74 Å². The van der Waals surface area contributed by atoms with E-state index in [9.17, 15) is 22.8 Å². The molecule has 0 fully saturated rings. The van der Waals surface area contributed by atoms with Gasteiger partial charge in [0.15, 0.2) is 0 Å². The summed E-state index contributed by atoms with van der Waals surface area (Å²) in [6.07, 6.45) is -1.52. The van der Waals surface area contributed by atoms with Gasteiger partial charge in [0.1, 0.15) is 18.0 Å². The van der Waals surface area contributed by atoms with Gasteiger partial charge in [0.05, 0.1) is 16.3 Å². The second-order valence-corrected chi connectivity index (χ2v) is 7.23. The van der Waals surface area contributed by atoms with Gasteiger partial charge in [-0.1, -0.05) is 12.1 Å². The summed E-state index contributed by atoms with van der Waals surface area (Å²) >= 11 is 1.52. The third-order valence-electron chi connectivity index (χ3n) is 3.83. The SMILES string of the molecule is Cc1nc(COc2cccc(C=CC(=O)Nc3cc(C(F)(F)F)c[nH]c3=O)c2)cs1. The Hall–Kier alpha value is -3.40. The van der Waals surface area contributed by atoms with Crippen molar-refractivity contribution in [2.24, 2.45) is 0 Å². The number of H-pyrrole nitrogens is 1. The number of ether oxygens (including phenoxy) is 1. The average molecular weight is 435 g/mol. The number of aryl methyl sites for hydroxylation is 1. The van der Waals surface area contributed by atoms with Crippen molar-refractivity contribution in [2.75, 3.05) is 5.32 Å². The lowest BCUT2D eigenvalue weighted by Gasteiger charge is -2.08. The van der Waals surface area contributed by atoms with Gasteiger partial charge in [0.2, 0.25) is 5.91 Å². The zero-order valence-electron chi connectivity index (χ0n) is 15.6. The number of amides is 1. The molecule has 2 aromatic heterocycles. The van der Waals surface area contributed by atoms with Crippen LogP contribution in [0.3, 0.4) is 0 Å². The van der Waals surface area contributed by atoms with Crippen LogP contribution in [0.5, 0.6) is 5.75 Å². The quantitative estimate of drug-likeness (QED) is 0.563. The van der Waals surface area contributed by atoms with Crippen molar-refractivity contribution < 1.29 is 22.7 Å². The Balaban J connectivity index is 1.64. The van der Waals surface area contributed by atoms with Gasteiger partial charge >= 0.3 is 6.18 Å². The molecule has 0 atom stereocenters. The molecule has 0 saturated heterocycles. The maximum absolute atomic E-state index is 12.8. The number of halogens is 3. The molecule has 0 aliphatic rings. The van der Waals surface area contributed by atoms with Crippen molar-refractivity contribution in [3.8, 4) is 5.75 Å². The molecule has 3 rings (SSSR count). The van der Waals surface area contributed by atoms with Crippen LogP contribution in [0.4, 0.5) is 18.9 Å². The minimum atomic E-state index is -4.64. The fourth-order valence-corrected chi connectivity index (χ4v) is 3.02. The van der Waals surface area contributed by atoms with Crippen LogP contribution >= 0.6 is 11.3 Å². The first kappa shape index (κ1) is 21.3. The predicted molar refractivity (Wildman–Crippen MR) is 107 cm³/mol. The number of carbonyl (C=O) groups is 1. The molecular formula is C20H16F3N3O3S. The Labute approximate surface area is 173 Å². The molecule has 0 saturated carbocycles. The zero-order valence-corrected chi connectivity index (χ0v) is 16.4. The monoisotopic (exact) mass is 435 g/mol. The number of alkyl halides is 3. The average Bonchev–Trinajstić information content (AvgIpc) is 3.11. The standard InChI is InChI=1S/C20H16F3N3O3S/c1-12-25-15(11-30-12)10-29-16-4-2-3-13(7-16)5-6-18(27)26-17-8-14(20(21,22)23)9-24-19(17)28/h2-9,11H,10H2,1H3,(H,24,28)(H,26,27). The van der Waals surface area contributed by atoms with Crippen LogP contribution in [-0.4, -0.2) is 15.9 Å². The lowest BCUT2D eigenvalue weighted by Crippen LogP contribution is -2.20. The number of nitrogens with one attached hydrogen (secondary N) is 2. The smallest absolute Gasteiger partial charge is 0.417 e. The van der Waals surface area contributed by atoms with Crippen LogP contribution < -0.4 is 15.6 Å². The van der Waals surface area contributed by atoms with Gasteiger partial charge in [-0.15, -0.1) is 11.3 Å². The van der Waals surface area contributed by atoms with Gasteiger partial charge in [0.25, 0.3) is 5.56 Å². The van der Waals surface area contributed by atoms with Crippen molar-refractivity contribution in [3.05, 3.63) is 80.2 Å². The highest BCUT2D eigenvalue weighted by molar-refractivity contribution is 7.09. The first-order chi connectivity index (χ1) is 14.2. The summed E-state index contributed by atoms with van der Waals surface area (Å²) in [5.74, 6) is -0.179. The lowest BCUT2D eigenvalue weighted by atomic mass is 10.2. The zero-order chi connectivity index (χ0) is 21.7. The molecule has 0 aliphatic carbocycles. The summed E-state index contributed by atoms with van der Waals surface area (Å²) in [6.45, 7) is 2.20. The molecule has 0 radical (unpaired) electrons. The first-order valence-electron chi connectivity index (χ1n) is 8.63. The molecule has 1 amide bonds. The summed E-state index contributed by atoms with van der Waals surface area (Å²) in [7, 11) is 0. The fraction of sp³-hybridized carbons (Fsp3) is 0.150. The number of thiazole rings is 1. The van der Waals surface area contributed by atoms with Gasteiger partial charge in [-0.2, -0.15) is 13.2 Å². The maximum Gasteiger partial charge on any atom is 0.417 e. The van der Waals surface area contributed by atoms with Crippen LogP contribution in [0.1, 0.15) is 21.8 Å². The van der Waals surface area contributed by atoms with Crippen molar-refractivity contribution >= 4 is 29.0 Å². The molecule has 3 aromatic rings. The third kappa shape index (κ3) is 5.80. The summed E-state index contributed by atoms with van der Waals surface area (Å²) in [4.78, 5) is 29.9. The Kier molecular flexibility index (Phi) is 6.36. The van der Waals surface area contributed by atoms with Crippen molar-refractivity contribution in [3.63, 3.8) is 0 Å². The number of nitrogens with zero attached hydrogens (tertiary/aromatic N) is 1. The van der Waals surface area contributed by atoms with E-state index in [0.29, 0.717) is 30.2 Å². The van der Waals surface area contributed by atoms with Gasteiger partial charge in [-0.3, -0.25) is 9.59 Å². The number of hydrogen-bond donors (Lipinski definition) is 2. The minimum Gasteiger partial charge on any atom is -0.487 e. The highest BCUT2D eigenvalue weighted by atomic mass is 32.1. The Morgan fingerprint density at radius 3 is 2.83 bits per heavy atom. The third-order valence-corrected chi connectivity index (χ3v) is 4.65. The largest absolute Gasteiger partial charge is 0.487 e. The van der Waals surface area contributed by atoms with E-state index in [1.165, 1.54) is 17.4 Å². The number of aromatic amines is 1. The molecule has 156 valence electrons. The lowest BCUT2D eigenvalue weighted by molar-refractivity contribution is -0.137. The van der Waals surface area contributed by atoms with Crippen LogP contribution in [0.25, 0.3) is 6.08 Å². The molecule has 0 spiro atoms. The molecule has 0 aliphatic heterocycles. The highest BCUT2D eigenvalue weighted by Gasteiger charge is 2.31. The van der Waals surface area contributed by atoms with Crippen LogP contribution in [0.2, 0.25) is 0 Å². The van der Waals surface area contributed by atoms with Crippen LogP contribution in [-0.2, 0) is 17.6 Å². The molecule has 0 bridgehead atoms. The second kappa shape index (κ2) is 8.95. The number of anilines is 1. The topological polar surface area (TPSA) is 84.1 Å². The van der Waals surface area contributed by atoms with Crippen LogP contribution in [0, 0.1) is 6.92 Å². The van der Waals surface area contributed by atoms with Crippen molar-refractivity contribution in [2.45, 2.75) is 19.7 Å². The number of benzene rings is 1. The molecule has 30 heavy (non-hydrogen) atoms. The van der Waals surface area contributed by atoms with Crippen molar-refractivity contribution in [1.82, 2.24) is 9.97 Å². The Bertz CT molecular complexity index is 1140. The summed E-state index contributed by atoms with van der Waals surface area (Å²) < 4.78 is 43.9. The van der Waals surface area contributed by atoms with Gasteiger partial charge in [-0.25, -0.2) is 4.98 Å². The van der Waals surface area contributed by atoms with Crippen LogP contribution in [0.15, 0.2) is 52.8 Å². The van der Waals surface area contributed by atoms with E-state index in [-0.39, 0.29) is 0 Å².